The summed E-state index contributed by atoms with van der Waals surface area (Å²) < 4.78 is 18.3. The molecule has 1 atom stereocenters. The number of ether oxygens (including phenoxy) is 1. The number of hydrogen-bond acceptors (Lipinski definition) is 2. The van der Waals surface area contributed by atoms with Crippen molar-refractivity contribution >= 4 is 11.6 Å². The van der Waals surface area contributed by atoms with E-state index in [0.717, 1.165) is 12.1 Å². The van der Waals surface area contributed by atoms with Gasteiger partial charge in [0.15, 0.2) is 0 Å². The Bertz CT molecular complexity index is 313. The fraction of sp³-hybridized carbons (Fsp3) is 0.455. The van der Waals surface area contributed by atoms with Crippen LogP contribution in [0.3, 0.4) is 0 Å². The second-order valence-corrected chi connectivity index (χ2v) is 3.59. The third-order valence-electron chi connectivity index (χ3n) is 2.14. The van der Waals surface area contributed by atoms with E-state index in [-0.39, 0.29) is 11.1 Å². The van der Waals surface area contributed by atoms with Gasteiger partial charge in [0.05, 0.1) is 17.7 Å². The normalized spacial score (nSPS) is 12.8. The van der Waals surface area contributed by atoms with E-state index in [4.69, 9.17) is 16.3 Å². The lowest BCUT2D eigenvalue weighted by Gasteiger charge is -2.18. The lowest BCUT2D eigenvalue weighted by molar-refractivity contribution is 0.167. The highest BCUT2D eigenvalue weighted by Gasteiger charge is 2.15. The first-order valence-electron chi connectivity index (χ1n) is 4.87. The van der Waals surface area contributed by atoms with Gasteiger partial charge < -0.3 is 10.1 Å². The van der Waals surface area contributed by atoms with E-state index in [9.17, 15) is 4.39 Å². The van der Waals surface area contributed by atoms with Crippen molar-refractivity contribution in [1.29, 1.82) is 0 Å². The molecule has 0 aliphatic carbocycles. The standard InChI is InChI=1S/C11H15ClFNO/c1-3-14-10(7-15-2)8-5-4-6-9(13)11(8)12/h4-6,10,14H,3,7H2,1-2H3. The molecular formula is C11H15ClFNO. The molecule has 1 aromatic rings. The van der Waals surface area contributed by atoms with Crippen LogP contribution < -0.4 is 5.32 Å². The molecule has 0 aromatic heterocycles. The number of nitrogens with one attached hydrogen (secondary N) is 1. The lowest BCUT2D eigenvalue weighted by Crippen LogP contribution is -2.25. The number of hydrogen-bond donors (Lipinski definition) is 1. The summed E-state index contributed by atoms with van der Waals surface area (Å²) in [5, 5.41) is 3.36. The van der Waals surface area contributed by atoms with Crippen LogP contribution in [0.5, 0.6) is 0 Å². The maximum atomic E-state index is 13.2. The molecule has 0 heterocycles. The molecule has 1 aromatic carbocycles. The van der Waals surface area contributed by atoms with E-state index in [1.165, 1.54) is 6.07 Å². The molecule has 0 fully saturated rings. The van der Waals surface area contributed by atoms with Gasteiger partial charge in [0.1, 0.15) is 5.82 Å². The van der Waals surface area contributed by atoms with Gasteiger partial charge in [0.2, 0.25) is 0 Å². The molecule has 4 heteroatoms. The summed E-state index contributed by atoms with van der Waals surface area (Å²) in [5.41, 5.74) is 0.736. The van der Waals surface area contributed by atoms with Crippen molar-refractivity contribution in [3.63, 3.8) is 0 Å². The van der Waals surface area contributed by atoms with Crippen LogP contribution in [0.25, 0.3) is 0 Å². The molecule has 0 saturated heterocycles. The van der Waals surface area contributed by atoms with E-state index in [1.54, 1.807) is 19.2 Å². The summed E-state index contributed by atoms with van der Waals surface area (Å²) in [6, 6.07) is 4.74. The van der Waals surface area contributed by atoms with Crippen LogP contribution in [-0.2, 0) is 4.74 Å². The van der Waals surface area contributed by atoms with Crippen molar-refractivity contribution in [3.8, 4) is 0 Å². The Balaban J connectivity index is 2.94. The maximum absolute atomic E-state index is 13.2. The monoisotopic (exact) mass is 231 g/mol. The Morgan fingerprint density at radius 3 is 2.87 bits per heavy atom. The molecule has 0 saturated carbocycles. The molecule has 0 radical (unpaired) electrons. The Kier molecular flexibility index (Phi) is 5.02. The highest BCUT2D eigenvalue weighted by Crippen LogP contribution is 2.25. The molecular weight excluding hydrogens is 217 g/mol. The summed E-state index contributed by atoms with van der Waals surface area (Å²) >= 11 is 5.89. The molecule has 1 rings (SSSR count). The first-order chi connectivity index (χ1) is 7.20. The van der Waals surface area contributed by atoms with Crippen LogP contribution in [-0.4, -0.2) is 20.3 Å². The number of methoxy groups -OCH3 is 1. The van der Waals surface area contributed by atoms with Crippen molar-refractivity contribution in [2.75, 3.05) is 20.3 Å². The molecule has 0 bridgehead atoms. The van der Waals surface area contributed by atoms with Crippen molar-refractivity contribution in [1.82, 2.24) is 5.32 Å². The maximum Gasteiger partial charge on any atom is 0.142 e. The Morgan fingerprint density at radius 1 is 1.53 bits per heavy atom. The molecule has 0 amide bonds. The zero-order valence-corrected chi connectivity index (χ0v) is 9.64. The zero-order valence-electron chi connectivity index (χ0n) is 8.89. The van der Waals surface area contributed by atoms with E-state index < -0.39 is 5.82 Å². The smallest absolute Gasteiger partial charge is 0.142 e. The molecule has 1 N–H and O–H groups in total. The second kappa shape index (κ2) is 6.05. The van der Waals surface area contributed by atoms with Gasteiger partial charge in [0, 0.05) is 7.11 Å². The molecule has 15 heavy (non-hydrogen) atoms. The highest BCUT2D eigenvalue weighted by atomic mass is 35.5. The average Bonchev–Trinajstić information content (AvgIpc) is 2.22. The van der Waals surface area contributed by atoms with Gasteiger partial charge in [-0.05, 0) is 18.2 Å². The summed E-state index contributed by atoms with van der Waals surface area (Å²) in [6.07, 6.45) is 0. The Labute approximate surface area is 94.4 Å². The van der Waals surface area contributed by atoms with Gasteiger partial charge in [-0.2, -0.15) is 0 Å². The van der Waals surface area contributed by atoms with Crippen LogP contribution in [0.2, 0.25) is 5.02 Å². The van der Waals surface area contributed by atoms with Crippen LogP contribution in [0.4, 0.5) is 4.39 Å². The number of benzene rings is 1. The van der Waals surface area contributed by atoms with E-state index in [1.807, 2.05) is 6.92 Å². The summed E-state index contributed by atoms with van der Waals surface area (Å²) in [6.45, 7) is 3.23. The van der Waals surface area contributed by atoms with E-state index >= 15 is 0 Å². The predicted octanol–water partition coefficient (Wildman–Crippen LogP) is 2.78. The van der Waals surface area contributed by atoms with Gasteiger partial charge >= 0.3 is 0 Å². The van der Waals surface area contributed by atoms with Gasteiger partial charge in [0.25, 0.3) is 0 Å². The molecule has 2 nitrogen and oxygen atoms in total. The predicted molar refractivity (Wildman–Crippen MR) is 59.7 cm³/mol. The quantitative estimate of drug-likeness (QED) is 0.842. The topological polar surface area (TPSA) is 21.3 Å². The van der Waals surface area contributed by atoms with Crippen molar-refractivity contribution in [3.05, 3.63) is 34.6 Å². The minimum absolute atomic E-state index is 0.0665. The van der Waals surface area contributed by atoms with Gasteiger partial charge in [-0.15, -0.1) is 0 Å². The summed E-state index contributed by atoms with van der Waals surface area (Å²) in [5.74, 6) is -0.395. The van der Waals surface area contributed by atoms with Crippen molar-refractivity contribution in [2.45, 2.75) is 13.0 Å². The Morgan fingerprint density at radius 2 is 2.27 bits per heavy atom. The molecule has 1 unspecified atom stereocenters. The molecule has 0 spiro atoms. The van der Waals surface area contributed by atoms with Gasteiger partial charge in [-0.1, -0.05) is 30.7 Å². The number of halogens is 2. The van der Waals surface area contributed by atoms with Crippen LogP contribution >= 0.6 is 11.6 Å². The first kappa shape index (κ1) is 12.4. The van der Waals surface area contributed by atoms with Crippen LogP contribution in [0.1, 0.15) is 18.5 Å². The third-order valence-corrected chi connectivity index (χ3v) is 2.54. The lowest BCUT2D eigenvalue weighted by atomic mass is 10.1. The minimum Gasteiger partial charge on any atom is -0.383 e. The molecule has 84 valence electrons. The summed E-state index contributed by atoms with van der Waals surface area (Å²) in [4.78, 5) is 0. The molecule has 0 aliphatic rings. The Hall–Kier alpha value is -0.640. The van der Waals surface area contributed by atoms with Gasteiger partial charge in [-0.3, -0.25) is 0 Å². The second-order valence-electron chi connectivity index (χ2n) is 3.21. The highest BCUT2D eigenvalue weighted by molar-refractivity contribution is 6.31. The SMILES string of the molecule is CCNC(COC)c1cccc(F)c1Cl. The van der Waals surface area contributed by atoms with Gasteiger partial charge in [-0.25, -0.2) is 4.39 Å². The van der Waals surface area contributed by atoms with E-state index in [2.05, 4.69) is 5.32 Å². The van der Waals surface area contributed by atoms with E-state index in [0.29, 0.717) is 6.61 Å². The third kappa shape index (κ3) is 3.16. The minimum atomic E-state index is -0.395. The fourth-order valence-corrected chi connectivity index (χ4v) is 1.72. The van der Waals surface area contributed by atoms with Crippen LogP contribution in [0.15, 0.2) is 18.2 Å². The first-order valence-corrected chi connectivity index (χ1v) is 5.24. The number of likely N-dealkylation sites (N-methyl/N-ethyl adjacent to an activating group) is 1. The largest absolute Gasteiger partial charge is 0.383 e. The number of rotatable bonds is 5. The fourth-order valence-electron chi connectivity index (χ4n) is 1.46. The van der Waals surface area contributed by atoms with Crippen LogP contribution in [0, 0.1) is 5.82 Å². The molecule has 0 aliphatic heterocycles. The zero-order chi connectivity index (χ0) is 11.3. The van der Waals surface area contributed by atoms with Crippen molar-refractivity contribution in [2.24, 2.45) is 0 Å². The average molecular weight is 232 g/mol. The van der Waals surface area contributed by atoms with Crippen molar-refractivity contribution < 1.29 is 9.13 Å². The summed E-state index contributed by atoms with van der Waals surface area (Å²) in [7, 11) is 1.61.